The number of anilines is 1. The number of hydrogen-bond donors (Lipinski definition) is 1. The van der Waals surface area contributed by atoms with Crippen molar-refractivity contribution < 1.29 is 4.42 Å². The van der Waals surface area contributed by atoms with Crippen molar-refractivity contribution in [3.05, 3.63) is 156 Å². The van der Waals surface area contributed by atoms with Crippen molar-refractivity contribution in [3.8, 4) is 5.69 Å². The van der Waals surface area contributed by atoms with Crippen LogP contribution in [0.4, 0.5) is 11.4 Å². The standard InChI is InChI=1S/C38H26N3O/c1-3-11-24(12-4-1)37-38(25-13-5-2-6-14-25)40-32-21-26(19-20-31(32)39-37)41-33-17-9-7-15-27(33)29-22-30-28-16-8-10-18-35(28)42-36(30)23-34(29)41/h1-23,37-38,40H/q-1. The Balaban J connectivity index is 1.23. The average Bonchev–Trinajstić information content (AvgIpc) is 3.58. The average molecular weight is 541 g/mol. The number of hydrogen-bond acceptors (Lipinski definition) is 2. The van der Waals surface area contributed by atoms with Crippen LogP contribution in [0.25, 0.3) is 54.7 Å². The topological polar surface area (TPSA) is 44.2 Å². The number of rotatable bonds is 3. The summed E-state index contributed by atoms with van der Waals surface area (Å²) in [6.45, 7) is 0. The Kier molecular flexibility index (Phi) is 4.99. The van der Waals surface area contributed by atoms with E-state index in [4.69, 9.17) is 9.73 Å². The van der Waals surface area contributed by atoms with E-state index in [1.807, 2.05) is 12.1 Å². The van der Waals surface area contributed by atoms with Crippen LogP contribution in [0.5, 0.6) is 0 Å². The minimum Gasteiger partial charge on any atom is -0.674 e. The van der Waals surface area contributed by atoms with Crippen LogP contribution in [0, 0.1) is 0 Å². The molecule has 8 aromatic rings. The number of furan rings is 1. The number of nitrogens with zero attached hydrogens (tertiary/aromatic N) is 2. The second kappa shape index (κ2) is 9.02. The van der Waals surface area contributed by atoms with Gasteiger partial charge in [-0.3, -0.25) is 0 Å². The number of nitrogens with one attached hydrogen (secondary N) is 1. The maximum Gasteiger partial charge on any atom is 0.137 e. The predicted octanol–water partition coefficient (Wildman–Crippen LogP) is 10.6. The first-order chi connectivity index (χ1) is 20.8. The fourth-order valence-corrected chi connectivity index (χ4v) is 6.67. The molecule has 0 radical (unpaired) electrons. The first kappa shape index (κ1) is 23.2. The van der Waals surface area contributed by atoms with Crippen LogP contribution in [0.2, 0.25) is 0 Å². The van der Waals surface area contributed by atoms with E-state index in [0.717, 1.165) is 44.5 Å². The highest BCUT2D eigenvalue weighted by atomic mass is 16.3. The molecule has 2 aromatic heterocycles. The van der Waals surface area contributed by atoms with Crippen LogP contribution >= 0.6 is 0 Å². The number of para-hydroxylation sites is 2. The highest BCUT2D eigenvalue weighted by molar-refractivity contribution is 6.17. The summed E-state index contributed by atoms with van der Waals surface area (Å²) in [5.74, 6) is 0. The molecule has 0 spiro atoms. The van der Waals surface area contributed by atoms with Crippen LogP contribution in [0.3, 0.4) is 0 Å². The van der Waals surface area contributed by atoms with Crippen LogP contribution in [-0.4, -0.2) is 4.57 Å². The number of fused-ring (bicyclic) bond motifs is 7. The van der Waals surface area contributed by atoms with Crippen LogP contribution in [0.1, 0.15) is 23.2 Å². The molecule has 0 fully saturated rings. The Morgan fingerprint density at radius 3 is 2.10 bits per heavy atom. The van der Waals surface area contributed by atoms with Crippen molar-refractivity contribution in [2.24, 2.45) is 0 Å². The highest BCUT2D eigenvalue weighted by Gasteiger charge is 2.24. The van der Waals surface area contributed by atoms with Gasteiger partial charge >= 0.3 is 0 Å². The van der Waals surface area contributed by atoms with Crippen molar-refractivity contribution in [1.29, 1.82) is 0 Å². The third kappa shape index (κ3) is 3.48. The highest BCUT2D eigenvalue weighted by Crippen LogP contribution is 2.50. The molecular weight excluding hydrogens is 514 g/mol. The molecule has 0 amide bonds. The third-order valence-electron chi connectivity index (χ3n) is 8.61. The van der Waals surface area contributed by atoms with Gasteiger partial charge in [-0.2, -0.15) is 0 Å². The third-order valence-corrected chi connectivity index (χ3v) is 8.61. The van der Waals surface area contributed by atoms with Gasteiger partial charge in [0.1, 0.15) is 11.2 Å². The first-order valence-corrected chi connectivity index (χ1v) is 14.4. The van der Waals surface area contributed by atoms with E-state index in [-0.39, 0.29) is 12.1 Å². The van der Waals surface area contributed by atoms with Gasteiger partial charge in [-0.15, -0.1) is 5.69 Å². The fourth-order valence-electron chi connectivity index (χ4n) is 6.67. The second-order valence-corrected chi connectivity index (χ2v) is 11.0. The molecule has 1 aliphatic heterocycles. The molecule has 200 valence electrons. The van der Waals surface area contributed by atoms with Crippen molar-refractivity contribution in [2.75, 3.05) is 5.32 Å². The van der Waals surface area contributed by atoms with Crippen molar-refractivity contribution in [3.63, 3.8) is 0 Å². The van der Waals surface area contributed by atoms with Gasteiger partial charge in [-0.05, 0) is 35.9 Å². The summed E-state index contributed by atoms with van der Waals surface area (Å²) in [5, 5.41) is 13.9. The minimum atomic E-state index is -0.0263. The maximum absolute atomic E-state index is 6.31. The van der Waals surface area contributed by atoms with Crippen molar-refractivity contribution in [2.45, 2.75) is 12.1 Å². The number of benzene rings is 6. The quantitative estimate of drug-likeness (QED) is 0.242. The Morgan fingerprint density at radius 2 is 1.26 bits per heavy atom. The Bertz CT molecular complexity index is 2260. The Hall–Kier alpha value is -5.48. The molecule has 9 rings (SSSR count). The zero-order chi connectivity index (χ0) is 27.6. The lowest BCUT2D eigenvalue weighted by molar-refractivity contribution is 0.662. The van der Waals surface area contributed by atoms with Gasteiger partial charge in [0, 0.05) is 45.0 Å². The molecular formula is C38H26N3O-. The molecule has 2 atom stereocenters. The molecule has 2 unspecified atom stereocenters. The lowest BCUT2D eigenvalue weighted by Gasteiger charge is -2.47. The molecule has 4 heteroatoms. The van der Waals surface area contributed by atoms with Gasteiger partial charge in [0.25, 0.3) is 0 Å². The fraction of sp³-hybridized carbons (Fsp3) is 0.0526. The first-order valence-electron chi connectivity index (χ1n) is 14.4. The number of aromatic nitrogens is 1. The molecule has 4 nitrogen and oxygen atoms in total. The summed E-state index contributed by atoms with van der Waals surface area (Å²) in [7, 11) is 0. The summed E-state index contributed by atoms with van der Waals surface area (Å²) in [4.78, 5) is 0. The Labute approximate surface area is 242 Å². The van der Waals surface area contributed by atoms with Gasteiger partial charge in [-0.25, -0.2) is 0 Å². The largest absolute Gasteiger partial charge is 0.674 e. The van der Waals surface area contributed by atoms with E-state index in [2.05, 4.69) is 137 Å². The zero-order valence-corrected chi connectivity index (χ0v) is 22.7. The lowest BCUT2D eigenvalue weighted by atomic mass is 9.90. The van der Waals surface area contributed by atoms with E-state index >= 15 is 0 Å². The molecule has 1 N–H and O–H groups in total. The van der Waals surface area contributed by atoms with E-state index in [1.54, 1.807) is 0 Å². The molecule has 6 aromatic carbocycles. The summed E-state index contributed by atoms with van der Waals surface area (Å²) >= 11 is 0. The van der Waals surface area contributed by atoms with E-state index in [0.29, 0.717) is 0 Å². The van der Waals surface area contributed by atoms with E-state index < -0.39 is 0 Å². The molecule has 0 bridgehead atoms. The van der Waals surface area contributed by atoms with Crippen molar-refractivity contribution in [1.82, 2.24) is 4.57 Å². The van der Waals surface area contributed by atoms with Crippen molar-refractivity contribution >= 4 is 55.1 Å². The maximum atomic E-state index is 6.31. The lowest BCUT2D eigenvalue weighted by Crippen LogP contribution is -2.22. The summed E-state index contributed by atoms with van der Waals surface area (Å²) in [5.41, 5.74) is 9.61. The molecule has 42 heavy (non-hydrogen) atoms. The summed E-state index contributed by atoms with van der Waals surface area (Å²) in [6.07, 6.45) is 0. The van der Waals surface area contributed by atoms with Gasteiger partial charge in [-0.1, -0.05) is 115 Å². The monoisotopic (exact) mass is 540 g/mol. The van der Waals surface area contributed by atoms with Crippen LogP contribution in [0.15, 0.2) is 144 Å². The van der Waals surface area contributed by atoms with Gasteiger partial charge in [0.2, 0.25) is 0 Å². The molecule has 0 saturated heterocycles. The summed E-state index contributed by atoms with van der Waals surface area (Å²) in [6, 6.07) is 49.2. The molecule has 3 heterocycles. The summed E-state index contributed by atoms with van der Waals surface area (Å²) < 4.78 is 8.66. The molecule has 0 aliphatic carbocycles. The zero-order valence-electron chi connectivity index (χ0n) is 22.7. The normalized spacial score (nSPS) is 16.5. The SMILES string of the molecule is c1ccc(C2[N-]c3ccc(-n4c5ccccc5c5cc6c(cc54)oc4ccccc46)cc3NC2c2ccccc2)cc1. The second-order valence-electron chi connectivity index (χ2n) is 11.0. The van der Waals surface area contributed by atoms with Crippen LogP contribution < -0.4 is 5.32 Å². The smallest absolute Gasteiger partial charge is 0.137 e. The molecule has 0 saturated carbocycles. The van der Waals surface area contributed by atoms with Crippen LogP contribution in [-0.2, 0) is 0 Å². The van der Waals surface area contributed by atoms with Gasteiger partial charge < -0.3 is 19.6 Å². The molecule has 1 aliphatic rings. The minimum absolute atomic E-state index is 0.0182. The van der Waals surface area contributed by atoms with E-state index in [9.17, 15) is 0 Å². The van der Waals surface area contributed by atoms with Gasteiger partial charge in [0.15, 0.2) is 0 Å². The predicted molar refractivity (Wildman–Crippen MR) is 173 cm³/mol. The van der Waals surface area contributed by atoms with Gasteiger partial charge in [0.05, 0.1) is 11.0 Å². The van der Waals surface area contributed by atoms with E-state index in [1.165, 1.54) is 27.4 Å². The Morgan fingerprint density at radius 1 is 0.548 bits per heavy atom.